The number of nitrogens with one attached hydrogen (secondary N) is 1. The van der Waals surface area contributed by atoms with E-state index in [0.29, 0.717) is 5.56 Å². The summed E-state index contributed by atoms with van der Waals surface area (Å²) in [4.78, 5) is 11.7. The van der Waals surface area contributed by atoms with Crippen molar-refractivity contribution in [2.75, 3.05) is 20.4 Å². The summed E-state index contributed by atoms with van der Waals surface area (Å²) in [5.74, 6) is 0.867. The fourth-order valence-electron chi connectivity index (χ4n) is 1.24. The molecule has 15 heavy (non-hydrogen) atoms. The van der Waals surface area contributed by atoms with Gasteiger partial charge in [-0.1, -0.05) is 12.1 Å². The van der Waals surface area contributed by atoms with Gasteiger partial charge in [0, 0.05) is 25.4 Å². The maximum atomic E-state index is 11.7. The molecule has 1 aromatic rings. The van der Waals surface area contributed by atoms with Gasteiger partial charge in [0.2, 0.25) is 0 Å². The standard InChI is InChI=1S/C11H16N2OS/c1-13(2)12-11(14)10-6-4-5-9(7-10)8-15-3/h4-7H,8H2,1-3H3,(H,12,14). The van der Waals surface area contributed by atoms with E-state index in [1.807, 2.05) is 30.5 Å². The van der Waals surface area contributed by atoms with Gasteiger partial charge in [0.05, 0.1) is 0 Å². The highest BCUT2D eigenvalue weighted by atomic mass is 32.2. The van der Waals surface area contributed by atoms with Crippen LogP contribution in [0.25, 0.3) is 0 Å². The molecule has 0 aromatic heterocycles. The Balaban J connectivity index is 2.76. The van der Waals surface area contributed by atoms with E-state index in [0.717, 1.165) is 5.75 Å². The van der Waals surface area contributed by atoms with Gasteiger partial charge in [0.1, 0.15) is 0 Å². The molecule has 0 fully saturated rings. The predicted molar refractivity (Wildman–Crippen MR) is 64.8 cm³/mol. The van der Waals surface area contributed by atoms with Gasteiger partial charge in [-0.05, 0) is 24.0 Å². The summed E-state index contributed by atoms with van der Waals surface area (Å²) in [6.45, 7) is 0. The van der Waals surface area contributed by atoms with Crippen molar-refractivity contribution in [1.29, 1.82) is 0 Å². The molecule has 0 bridgehead atoms. The Kier molecular flexibility index (Phi) is 4.65. The van der Waals surface area contributed by atoms with Gasteiger partial charge < -0.3 is 0 Å². The molecule has 0 saturated carbocycles. The second-order valence-electron chi connectivity index (χ2n) is 3.47. The summed E-state index contributed by atoms with van der Waals surface area (Å²) >= 11 is 1.75. The molecule has 0 atom stereocenters. The van der Waals surface area contributed by atoms with Crippen molar-refractivity contribution in [2.24, 2.45) is 0 Å². The number of rotatable bonds is 4. The third-order valence-corrected chi connectivity index (χ3v) is 2.45. The molecular weight excluding hydrogens is 208 g/mol. The van der Waals surface area contributed by atoms with Crippen LogP contribution >= 0.6 is 11.8 Å². The Morgan fingerprint density at radius 2 is 2.20 bits per heavy atom. The monoisotopic (exact) mass is 224 g/mol. The molecule has 0 heterocycles. The Hall–Kier alpha value is -1.00. The van der Waals surface area contributed by atoms with E-state index in [1.165, 1.54) is 5.56 Å². The lowest BCUT2D eigenvalue weighted by molar-refractivity contribution is 0.0857. The minimum absolute atomic E-state index is 0.0667. The van der Waals surface area contributed by atoms with Crippen molar-refractivity contribution in [3.05, 3.63) is 35.4 Å². The summed E-state index contributed by atoms with van der Waals surface area (Å²) in [6, 6.07) is 7.69. The number of thioether (sulfide) groups is 1. The molecule has 1 N–H and O–H groups in total. The summed E-state index contributed by atoms with van der Waals surface area (Å²) < 4.78 is 0. The van der Waals surface area contributed by atoms with Gasteiger partial charge in [-0.15, -0.1) is 0 Å². The fraction of sp³-hybridized carbons (Fsp3) is 0.364. The number of nitrogens with zero attached hydrogens (tertiary/aromatic N) is 1. The molecular formula is C11H16N2OS. The Bertz CT molecular complexity index is 339. The van der Waals surface area contributed by atoms with Crippen LogP contribution in [0.1, 0.15) is 15.9 Å². The maximum absolute atomic E-state index is 11.7. The smallest absolute Gasteiger partial charge is 0.265 e. The Morgan fingerprint density at radius 3 is 2.80 bits per heavy atom. The van der Waals surface area contributed by atoms with E-state index < -0.39 is 0 Å². The molecule has 1 aromatic carbocycles. The number of hydrogen-bond donors (Lipinski definition) is 1. The molecule has 0 aliphatic carbocycles. The van der Waals surface area contributed by atoms with E-state index in [1.54, 1.807) is 30.9 Å². The third-order valence-electron chi connectivity index (χ3n) is 1.83. The normalized spacial score (nSPS) is 10.4. The Labute approximate surface area is 94.8 Å². The molecule has 0 radical (unpaired) electrons. The lowest BCUT2D eigenvalue weighted by Gasteiger charge is -2.12. The van der Waals surface area contributed by atoms with E-state index in [2.05, 4.69) is 5.43 Å². The van der Waals surface area contributed by atoms with Crippen LogP contribution in [-0.2, 0) is 5.75 Å². The molecule has 82 valence electrons. The topological polar surface area (TPSA) is 32.3 Å². The van der Waals surface area contributed by atoms with Gasteiger partial charge in [0.15, 0.2) is 0 Å². The van der Waals surface area contributed by atoms with Crippen molar-refractivity contribution >= 4 is 17.7 Å². The zero-order valence-electron chi connectivity index (χ0n) is 9.28. The summed E-state index contributed by atoms with van der Waals surface area (Å²) in [5, 5.41) is 1.64. The van der Waals surface area contributed by atoms with Crippen LogP contribution in [0.15, 0.2) is 24.3 Å². The zero-order chi connectivity index (χ0) is 11.3. The quantitative estimate of drug-likeness (QED) is 0.791. The second kappa shape index (κ2) is 5.78. The van der Waals surface area contributed by atoms with Crippen molar-refractivity contribution in [1.82, 2.24) is 10.4 Å². The number of benzene rings is 1. The average Bonchev–Trinajstić information content (AvgIpc) is 2.17. The maximum Gasteiger partial charge on any atom is 0.265 e. The molecule has 0 saturated heterocycles. The van der Waals surface area contributed by atoms with Crippen LogP contribution in [0.2, 0.25) is 0 Å². The first-order valence-electron chi connectivity index (χ1n) is 4.69. The van der Waals surface area contributed by atoms with Crippen molar-refractivity contribution < 1.29 is 4.79 Å². The minimum Gasteiger partial charge on any atom is -0.285 e. The summed E-state index contributed by atoms with van der Waals surface area (Å²) in [5.41, 5.74) is 4.59. The van der Waals surface area contributed by atoms with Crippen LogP contribution in [0.3, 0.4) is 0 Å². The van der Waals surface area contributed by atoms with Crippen molar-refractivity contribution in [2.45, 2.75) is 5.75 Å². The highest BCUT2D eigenvalue weighted by Crippen LogP contribution is 2.11. The summed E-state index contributed by atoms with van der Waals surface area (Å²) in [7, 11) is 3.59. The van der Waals surface area contributed by atoms with Crippen LogP contribution in [0.5, 0.6) is 0 Å². The third kappa shape index (κ3) is 3.93. The average molecular weight is 224 g/mol. The largest absolute Gasteiger partial charge is 0.285 e. The number of carbonyl (C=O) groups is 1. The summed E-state index contributed by atoms with van der Waals surface area (Å²) in [6.07, 6.45) is 2.05. The lowest BCUT2D eigenvalue weighted by atomic mass is 10.1. The lowest BCUT2D eigenvalue weighted by Crippen LogP contribution is -2.36. The molecule has 0 unspecified atom stereocenters. The molecule has 0 aliphatic heterocycles. The molecule has 0 spiro atoms. The van der Waals surface area contributed by atoms with Gasteiger partial charge in [0.25, 0.3) is 5.91 Å². The van der Waals surface area contributed by atoms with E-state index >= 15 is 0 Å². The fourth-order valence-corrected chi connectivity index (χ4v) is 1.75. The minimum atomic E-state index is -0.0667. The van der Waals surface area contributed by atoms with Crippen molar-refractivity contribution in [3.63, 3.8) is 0 Å². The van der Waals surface area contributed by atoms with E-state index in [-0.39, 0.29) is 5.91 Å². The van der Waals surface area contributed by atoms with Gasteiger partial charge in [-0.25, -0.2) is 5.01 Å². The van der Waals surface area contributed by atoms with Crippen LogP contribution in [0.4, 0.5) is 0 Å². The first kappa shape index (κ1) is 12.1. The number of hydrazine groups is 1. The zero-order valence-corrected chi connectivity index (χ0v) is 10.1. The second-order valence-corrected chi connectivity index (χ2v) is 4.33. The highest BCUT2D eigenvalue weighted by molar-refractivity contribution is 7.97. The molecule has 1 amide bonds. The first-order chi connectivity index (χ1) is 7.13. The van der Waals surface area contributed by atoms with Crippen LogP contribution in [-0.4, -0.2) is 31.3 Å². The van der Waals surface area contributed by atoms with E-state index in [4.69, 9.17) is 0 Å². The van der Waals surface area contributed by atoms with Gasteiger partial charge in [-0.2, -0.15) is 11.8 Å². The molecule has 4 heteroatoms. The Morgan fingerprint density at radius 1 is 1.47 bits per heavy atom. The first-order valence-corrected chi connectivity index (χ1v) is 6.09. The number of amides is 1. The SMILES string of the molecule is CSCc1cccc(C(=O)NN(C)C)c1. The van der Waals surface area contributed by atoms with Crippen LogP contribution in [0, 0.1) is 0 Å². The molecule has 0 aliphatic rings. The van der Waals surface area contributed by atoms with Crippen molar-refractivity contribution in [3.8, 4) is 0 Å². The molecule has 1 rings (SSSR count). The van der Waals surface area contributed by atoms with Crippen LogP contribution < -0.4 is 5.43 Å². The van der Waals surface area contributed by atoms with E-state index in [9.17, 15) is 4.79 Å². The van der Waals surface area contributed by atoms with Gasteiger partial charge in [-0.3, -0.25) is 10.2 Å². The number of carbonyl (C=O) groups excluding carboxylic acids is 1. The molecule has 3 nitrogen and oxygen atoms in total. The predicted octanol–water partition coefficient (Wildman–Crippen LogP) is 1.76. The highest BCUT2D eigenvalue weighted by Gasteiger charge is 2.05. The van der Waals surface area contributed by atoms with Gasteiger partial charge >= 0.3 is 0 Å². The number of hydrogen-bond acceptors (Lipinski definition) is 3.